The van der Waals surface area contributed by atoms with Crippen LogP contribution in [0.3, 0.4) is 0 Å². The average molecular weight is 352 g/mol. The summed E-state index contributed by atoms with van der Waals surface area (Å²) in [6.45, 7) is 1.87. The van der Waals surface area contributed by atoms with Gasteiger partial charge in [-0.3, -0.25) is 24.4 Å². The van der Waals surface area contributed by atoms with Gasteiger partial charge < -0.3 is 5.32 Å². The second-order valence-electron chi connectivity index (χ2n) is 5.75. The number of aryl methyl sites for hydroxylation is 1. The molecule has 0 aliphatic carbocycles. The Bertz CT molecular complexity index is 1060. The third-order valence-corrected chi connectivity index (χ3v) is 4.09. The second-order valence-corrected chi connectivity index (χ2v) is 5.75. The maximum Gasteiger partial charge on any atom is 0.274 e. The molecule has 0 atom stereocenters. The highest BCUT2D eigenvalue weighted by Gasteiger charge is 2.15. The molecule has 1 aromatic heterocycles. The standard InChI is InChI=1S/C18H16N4O4/c1-12-14(6-4-8-15(12)22(25)26)20-18(24)9-10-21-16-7-3-2-5-13(16)17(23)11-19-21/h2-8,11H,9-10H2,1H3,(H,20,24). The molecule has 2 aromatic carbocycles. The predicted molar refractivity (Wildman–Crippen MR) is 97.1 cm³/mol. The fraction of sp³-hybridized carbons (Fsp3) is 0.167. The summed E-state index contributed by atoms with van der Waals surface area (Å²) in [6, 6.07) is 11.6. The summed E-state index contributed by atoms with van der Waals surface area (Å²) in [7, 11) is 0. The Morgan fingerprint density at radius 2 is 2.00 bits per heavy atom. The molecule has 132 valence electrons. The quantitative estimate of drug-likeness (QED) is 0.561. The number of carbonyl (C=O) groups is 1. The van der Waals surface area contributed by atoms with Crippen molar-refractivity contribution < 1.29 is 9.72 Å². The second kappa shape index (κ2) is 7.14. The van der Waals surface area contributed by atoms with Gasteiger partial charge in [0, 0.05) is 17.9 Å². The van der Waals surface area contributed by atoms with Crippen molar-refractivity contribution in [3.8, 4) is 0 Å². The van der Waals surface area contributed by atoms with E-state index in [1.807, 2.05) is 0 Å². The van der Waals surface area contributed by atoms with E-state index in [4.69, 9.17) is 0 Å². The molecule has 0 saturated heterocycles. The van der Waals surface area contributed by atoms with Crippen molar-refractivity contribution in [2.75, 3.05) is 5.32 Å². The first-order valence-electron chi connectivity index (χ1n) is 7.96. The van der Waals surface area contributed by atoms with Crippen LogP contribution < -0.4 is 10.7 Å². The van der Waals surface area contributed by atoms with Crippen LogP contribution in [0, 0.1) is 17.0 Å². The maximum absolute atomic E-state index is 12.2. The molecule has 0 spiro atoms. The van der Waals surface area contributed by atoms with Gasteiger partial charge in [-0.15, -0.1) is 0 Å². The zero-order valence-corrected chi connectivity index (χ0v) is 14.0. The molecule has 0 fully saturated rings. The van der Waals surface area contributed by atoms with E-state index in [1.165, 1.54) is 18.3 Å². The van der Waals surface area contributed by atoms with Crippen LogP contribution in [0.4, 0.5) is 11.4 Å². The number of carbonyl (C=O) groups excluding carboxylic acids is 1. The van der Waals surface area contributed by atoms with E-state index < -0.39 is 4.92 Å². The Balaban J connectivity index is 1.75. The molecule has 1 heterocycles. The lowest BCUT2D eigenvalue weighted by atomic mass is 10.1. The smallest absolute Gasteiger partial charge is 0.274 e. The zero-order chi connectivity index (χ0) is 18.7. The summed E-state index contributed by atoms with van der Waals surface area (Å²) in [5.74, 6) is -0.293. The van der Waals surface area contributed by atoms with Crippen molar-refractivity contribution in [3.63, 3.8) is 0 Å². The highest BCUT2D eigenvalue weighted by Crippen LogP contribution is 2.25. The summed E-state index contributed by atoms with van der Waals surface area (Å²) in [4.78, 5) is 34.6. The van der Waals surface area contributed by atoms with Crippen LogP contribution in [0.2, 0.25) is 0 Å². The van der Waals surface area contributed by atoms with Crippen molar-refractivity contribution in [3.05, 3.63) is 74.6 Å². The van der Waals surface area contributed by atoms with Crippen molar-refractivity contribution in [2.24, 2.45) is 0 Å². The van der Waals surface area contributed by atoms with Gasteiger partial charge in [0.25, 0.3) is 5.69 Å². The number of nitrogens with one attached hydrogen (secondary N) is 1. The van der Waals surface area contributed by atoms with Gasteiger partial charge in [-0.25, -0.2) is 0 Å². The van der Waals surface area contributed by atoms with Crippen LogP contribution in [-0.4, -0.2) is 20.6 Å². The van der Waals surface area contributed by atoms with E-state index in [2.05, 4.69) is 10.4 Å². The molecule has 0 aliphatic rings. The lowest BCUT2D eigenvalue weighted by Crippen LogP contribution is -2.18. The van der Waals surface area contributed by atoms with Crippen molar-refractivity contribution in [2.45, 2.75) is 19.9 Å². The molecule has 1 amide bonds. The minimum atomic E-state index is -0.485. The van der Waals surface area contributed by atoms with Gasteiger partial charge >= 0.3 is 0 Å². The molecule has 8 nitrogen and oxygen atoms in total. The first-order chi connectivity index (χ1) is 12.5. The number of para-hydroxylation sites is 1. The van der Waals surface area contributed by atoms with Crippen LogP contribution in [0.1, 0.15) is 12.0 Å². The number of amides is 1. The van der Waals surface area contributed by atoms with E-state index in [9.17, 15) is 19.7 Å². The Morgan fingerprint density at radius 1 is 1.23 bits per heavy atom. The van der Waals surface area contributed by atoms with E-state index in [0.717, 1.165) is 0 Å². The van der Waals surface area contributed by atoms with Gasteiger partial charge in [-0.1, -0.05) is 18.2 Å². The molecule has 0 saturated carbocycles. The molecular weight excluding hydrogens is 336 g/mol. The van der Waals surface area contributed by atoms with Crippen LogP contribution in [0.5, 0.6) is 0 Å². The molecule has 0 unspecified atom stereocenters. The number of hydrogen-bond acceptors (Lipinski definition) is 5. The van der Waals surface area contributed by atoms with Crippen LogP contribution in [0.25, 0.3) is 10.9 Å². The number of nitro benzene ring substituents is 1. The minimum absolute atomic E-state index is 0.0455. The number of benzene rings is 2. The van der Waals surface area contributed by atoms with E-state index in [-0.39, 0.29) is 30.0 Å². The van der Waals surface area contributed by atoms with Gasteiger partial charge in [-0.2, -0.15) is 5.10 Å². The molecule has 0 aliphatic heterocycles. The summed E-state index contributed by atoms with van der Waals surface area (Å²) >= 11 is 0. The number of hydrogen-bond donors (Lipinski definition) is 1. The highest BCUT2D eigenvalue weighted by molar-refractivity contribution is 5.92. The van der Waals surface area contributed by atoms with Gasteiger partial charge in [0.2, 0.25) is 11.3 Å². The number of aromatic nitrogens is 2. The number of fused-ring (bicyclic) bond motifs is 1. The number of nitrogens with zero attached hydrogens (tertiary/aromatic N) is 3. The fourth-order valence-corrected chi connectivity index (χ4v) is 2.72. The Morgan fingerprint density at radius 3 is 2.77 bits per heavy atom. The minimum Gasteiger partial charge on any atom is -0.326 e. The van der Waals surface area contributed by atoms with Crippen molar-refractivity contribution in [1.29, 1.82) is 0 Å². The Hall–Kier alpha value is -3.55. The van der Waals surface area contributed by atoms with Crippen molar-refractivity contribution >= 4 is 28.2 Å². The Kier molecular flexibility index (Phi) is 4.74. The van der Waals surface area contributed by atoms with E-state index in [1.54, 1.807) is 41.9 Å². The lowest BCUT2D eigenvalue weighted by Gasteiger charge is -2.11. The largest absolute Gasteiger partial charge is 0.326 e. The number of nitro groups is 1. The number of rotatable bonds is 5. The maximum atomic E-state index is 12.2. The van der Waals surface area contributed by atoms with Gasteiger partial charge in [0.05, 0.1) is 34.4 Å². The van der Waals surface area contributed by atoms with Gasteiger partial charge in [-0.05, 0) is 25.1 Å². The number of anilines is 1. The third kappa shape index (κ3) is 3.44. The van der Waals surface area contributed by atoms with Gasteiger partial charge in [0.15, 0.2) is 0 Å². The van der Waals surface area contributed by atoms with E-state index in [0.29, 0.717) is 22.2 Å². The molecule has 26 heavy (non-hydrogen) atoms. The first-order valence-corrected chi connectivity index (χ1v) is 7.96. The van der Waals surface area contributed by atoms with Gasteiger partial charge in [0.1, 0.15) is 0 Å². The first kappa shape index (κ1) is 17.3. The summed E-state index contributed by atoms with van der Waals surface area (Å²) in [5.41, 5.74) is 1.24. The molecule has 1 N–H and O–H groups in total. The molecule has 3 aromatic rings. The van der Waals surface area contributed by atoms with Crippen LogP contribution in [-0.2, 0) is 11.3 Å². The molecular formula is C18H16N4O4. The van der Waals surface area contributed by atoms with Crippen LogP contribution >= 0.6 is 0 Å². The highest BCUT2D eigenvalue weighted by atomic mass is 16.6. The molecule has 3 rings (SSSR count). The fourth-order valence-electron chi connectivity index (χ4n) is 2.72. The van der Waals surface area contributed by atoms with Crippen molar-refractivity contribution in [1.82, 2.24) is 9.78 Å². The normalized spacial score (nSPS) is 10.7. The topological polar surface area (TPSA) is 107 Å². The molecule has 0 radical (unpaired) electrons. The van der Waals surface area contributed by atoms with Crippen LogP contribution in [0.15, 0.2) is 53.5 Å². The zero-order valence-electron chi connectivity index (χ0n) is 14.0. The third-order valence-electron chi connectivity index (χ3n) is 4.09. The summed E-state index contributed by atoms with van der Waals surface area (Å²) in [5, 5.41) is 18.3. The Labute approximate surface area is 148 Å². The predicted octanol–water partition coefficient (Wildman–Crippen LogP) is 2.64. The average Bonchev–Trinajstić information content (AvgIpc) is 2.63. The molecule has 8 heteroatoms. The van der Waals surface area contributed by atoms with E-state index >= 15 is 0 Å². The monoisotopic (exact) mass is 352 g/mol. The lowest BCUT2D eigenvalue weighted by molar-refractivity contribution is -0.385. The SMILES string of the molecule is Cc1c(NC(=O)CCn2ncc(=O)c3ccccc32)cccc1[N+](=O)[O-]. The summed E-state index contributed by atoms with van der Waals surface area (Å²) < 4.78 is 1.59. The molecule has 0 bridgehead atoms. The summed E-state index contributed by atoms with van der Waals surface area (Å²) in [6.07, 6.45) is 1.34.